The summed E-state index contributed by atoms with van der Waals surface area (Å²) in [5, 5.41) is 0. The number of alkyl halides is 3. The van der Waals surface area contributed by atoms with E-state index >= 15 is 0 Å². The summed E-state index contributed by atoms with van der Waals surface area (Å²) >= 11 is 0. The van der Waals surface area contributed by atoms with Crippen LogP contribution in [0.5, 0.6) is 0 Å². The molecule has 7 nitrogen and oxygen atoms in total. The monoisotopic (exact) mass is 438 g/mol. The molecule has 3 rings (SSSR count). The Hall–Kier alpha value is -2.54. The summed E-state index contributed by atoms with van der Waals surface area (Å²) in [4.78, 5) is 5.81. The molecule has 0 aliphatic rings. The van der Waals surface area contributed by atoms with Crippen molar-refractivity contribution in [2.24, 2.45) is 0 Å². The van der Waals surface area contributed by atoms with Crippen LogP contribution in [0.1, 0.15) is 6.92 Å². The lowest BCUT2D eigenvalue weighted by molar-refractivity contribution is -0.0435. The van der Waals surface area contributed by atoms with E-state index in [2.05, 4.69) is 9.97 Å². The lowest BCUT2D eigenvalue weighted by atomic mass is 10.3. The minimum atomic E-state index is -5.62. The molecule has 0 bridgehead atoms. The van der Waals surface area contributed by atoms with E-state index in [0.29, 0.717) is 12.1 Å². The maximum Gasteiger partial charge on any atom is 0.501 e. The van der Waals surface area contributed by atoms with Crippen molar-refractivity contribution in [3.05, 3.63) is 36.3 Å². The highest BCUT2D eigenvalue weighted by molar-refractivity contribution is 7.92. The Balaban J connectivity index is 2.22. The van der Waals surface area contributed by atoms with Gasteiger partial charge in [0.05, 0.1) is 15.5 Å². The van der Waals surface area contributed by atoms with Crippen LogP contribution in [0, 0.1) is 5.95 Å². The van der Waals surface area contributed by atoms with Crippen LogP contribution in [0.25, 0.3) is 22.7 Å². The first-order valence-electron chi connectivity index (χ1n) is 7.48. The molecular weight excluding hydrogens is 428 g/mol. The highest BCUT2D eigenvalue weighted by atomic mass is 32.2. The number of hydrogen-bond acceptors (Lipinski definition) is 7. The number of sulfone groups is 2. The summed E-state index contributed by atoms with van der Waals surface area (Å²) in [6, 6.07) is 4.01. The van der Waals surface area contributed by atoms with E-state index in [-0.39, 0.29) is 21.7 Å². The van der Waals surface area contributed by atoms with Gasteiger partial charge < -0.3 is 4.42 Å². The van der Waals surface area contributed by atoms with Crippen molar-refractivity contribution in [1.82, 2.24) is 9.97 Å². The third-order valence-electron chi connectivity index (χ3n) is 3.72. The van der Waals surface area contributed by atoms with Gasteiger partial charge in [-0.1, -0.05) is 6.92 Å². The zero-order chi connectivity index (χ0) is 20.9. The van der Waals surface area contributed by atoms with Gasteiger partial charge in [-0.15, -0.1) is 0 Å². The Morgan fingerprint density at radius 2 is 1.71 bits per heavy atom. The van der Waals surface area contributed by atoms with Gasteiger partial charge in [0.2, 0.25) is 11.8 Å². The molecule has 0 N–H and O–H groups in total. The molecule has 0 radical (unpaired) electrons. The van der Waals surface area contributed by atoms with Crippen LogP contribution >= 0.6 is 0 Å². The minimum Gasteiger partial charge on any atom is -0.435 e. The van der Waals surface area contributed by atoms with E-state index in [0.717, 1.165) is 18.2 Å². The van der Waals surface area contributed by atoms with Gasteiger partial charge in [0.1, 0.15) is 11.2 Å². The van der Waals surface area contributed by atoms with E-state index in [1.165, 1.54) is 6.92 Å². The predicted molar refractivity (Wildman–Crippen MR) is 88.2 cm³/mol. The van der Waals surface area contributed by atoms with Crippen LogP contribution in [0.2, 0.25) is 0 Å². The van der Waals surface area contributed by atoms with Crippen LogP contribution in [-0.4, -0.2) is 38.1 Å². The molecule has 0 aliphatic carbocycles. The lowest BCUT2D eigenvalue weighted by Crippen LogP contribution is -2.23. The summed E-state index contributed by atoms with van der Waals surface area (Å²) in [7, 11) is -9.47. The molecule has 2 aromatic heterocycles. The van der Waals surface area contributed by atoms with E-state index in [9.17, 15) is 34.4 Å². The first kappa shape index (κ1) is 20.2. The van der Waals surface area contributed by atoms with Crippen molar-refractivity contribution < 1.29 is 38.8 Å². The summed E-state index contributed by atoms with van der Waals surface area (Å²) in [6.07, 6.45) is 0. The maximum absolute atomic E-state index is 13.6. The molecule has 0 aliphatic heterocycles. The van der Waals surface area contributed by atoms with Gasteiger partial charge in [-0.3, -0.25) is 0 Å². The van der Waals surface area contributed by atoms with E-state index in [4.69, 9.17) is 4.42 Å². The van der Waals surface area contributed by atoms with Gasteiger partial charge in [0.15, 0.2) is 15.4 Å². The number of pyridine rings is 1. The van der Waals surface area contributed by atoms with Gasteiger partial charge in [-0.05, 0) is 30.3 Å². The highest BCUT2D eigenvalue weighted by Crippen LogP contribution is 2.34. The number of nitrogens with zero attached hydrogens (tertiary/aromatic N) is 2. The number of halogens is 4. The molecule has 0 atom stereocenters. The fraction of sp³-hybridized carbons (Fsp3) is 0.200. The standard InChI is InChI=1S/C15H10F4N2O5S2/c1-2-27(22,23)11-5-6-12(16)21-13(11)14-20-9-7-8(3-4-10(9)26-14)28(24,25)15(17,18)19/h3-7H,2H2,1H3. The lowest BCUT2D eigenvalue weighted by Gasteiger charge is -2.07. The van der Waals surface area contributed by atoms with Crippen molar-refractivity contribution in [1.29, 1.82) is 0 Å². The molecule has 0 unspecified atom stereocenters. The Bertz CT molecular complexity index is 1280. The van der Waals surface area contributed by atoms with Crippen LogP contribution < -0.4 is 0 Å². The normalized spacial score (nSPS) is 13.2. The van der Waals surface area contributed by atoms with Crippen molar-refractivity contribution in [2.45, 2.75) is 22.2 Å². The average Bonchev–Trinajstić information content (AvgIpc) is 3.03. The fourth-order valence-corrected chi connectivity index (χ4v) is 4.09. The van der Waals surface area contributed by atoms with E-state index in [1.54, 1.807) is 0 Å². The second-order valence-electron chi connectivity index (χ2n) is 5.48. The molecule has 0 amide bonds. The van der Waals surface area contributed by atoms with Crippen molar-refractivity contribution in [2.75, 3.05) is 5.75 Å². The molecule has 0 saturated carbocycles. The molecule has 0 spiro atoms. The molecule has 28 heavy (non-hydrogen) atoms. The molecule has 150 valence electrons. The van der Waals surface area contributed by atoms with Crippen molar-refractivity contribution >= 4 is 30.8 Å². The van der Waals surface area contributed by atoms with Crippen LogP contribution in [0.15, 0.2) is 44.5 Å². The molecule has 1 aromatic carbocycles. The summed E-state index contributed by atoms with van der Waals surface area (Å²) in [5.41, 5.74) is -6.42. The van der Waals surface area contributed by atoms with Crippen LogP contribution in [0.4, 0.5) is 17.6 Å². The van der Waals surface area contributed by atoms with Crippen LogP contribution in [-0.2, 0) is 19.7 Å². The SMILES string of the molecule is CCS(=O)(=O)c1ccc(F)nc1-c1nc2cc(S(=O)(=O)C(F)(F)F)ccc2o1. The van der Waals surface area contributed by atoms with Crippen molar-refractivity contribution in [3.8, 4) is 11.6 Å². The first-order valence-corrected chi connectivity index (χ1v) is 10.6. The van der Waals surface area contributed by atoms with E-state index in [1.807, 2.05) is 0 Å². The maximum atomic E-state index is 13.6. The van der Waals surface area contributed by atoms with Gasteiger partial charge >= 0.3 is 5.51 Å². The number of fused-ring (bicyclic) bond motifs is 1. The Morgan fingerprint density at radius 1 is 1.04 bits per heavy atom. The number of hydrogen-bond donors (Lipinski definition) is 0. The Labute approximate surface area is 155 Å². The Morgan fingerprint density at radius 3 is 2.32 bits per heavy atom. The predicted octanol–water partition coefficient (Wildman–Crippen LogP) is 3.12. The molecule has 2 heterocycles. The fourth-order valence-electron chi connectivity index (χ4n) is 2.29. The minimum absolute atomic E-state index is 0.137. The van der Waals surface area contributed by atoms with Crippen molar-refractivity contribution in [3.63, 3.8) is 0 Å². The third-order valence-corrected chi connectivity index (χ3v) is 6.96. The summed E-state index contributed by atoms with van der Waals surface area (Å²) < 4.78 is 104. The molecule has 13 heteroatoms. The van der Waals surface area contributed by atoms with Gasteiger partial charge in [0, 0.05) is 0 Å². The number of aromatic nitrogens is 2. The molecule has 3 aromatic rings. The zero-order valence-corrected chi connectivity index (χ0v) is 15.5. The number of oxazole rings is 1. The smallest absolute Gasteiger partial charge is 0.435 e. The molecule has 0 fully saturated rings. The van der Waals surface area contributed by atoms with E-state index < -0.39 is 47.6 Å². The topological polar surface area (TPSA) is 107 Å². The van der Waals surface area contributed by atoms with Gasteiger partial charge in [0.25, 0.3) is 9.84 Å². The van der Waals surface area contributed by atoms with Crippen LogP contribution in [0.3, 0.4) is 0 Å². The second kappa shape index (κ2) is 6.51. The third kappa shape index (κ3) is 3.35. The summed E-state index contributed by atoms with van der Waals surface area (Å²) in [5.74, 6) is -1.85. The Kier molecular flexibility index (Phi) is 4.70. The quantitative estimate of drug-likeness (QED) is 0.455. The average molecular weight is 438 g/mol. The largest absolute Gasteiger partial charge is 0.501 e. The first-order chi connectivity index (χ1) is 12.9. The van der Waals surface area contributed by atoms with Gasteiger partial charge in [-0.25, -0.2) is 26.8 Å². The molecular formula is C15H10F4N2O5S2. The zero-order valence-electron chi connectivity index (χ0n) is 13.9. The molecule has 0 saturated heterocycles. The number of rotatable bonds is 4. The van der Waals surface area contributed by atoms with Gasteiger partial charge in [-0.2, -0.15) is 17.6 Å². The second-order valence-corrected chi connectivity index (χ2v) is 9.67. The highest BCUT2D eigenvalue weighted by Gasteiger charge is 2.47. The number of benzene rings is 1. The summed E-state index contributed by atoms with van der Waals surface area (Å²) in [6.45, 7) is 1.35.